The summed E-state index contributed by atoms with van der Waals surface area (Å²) in [6.45, 7) is 2.06. The van der Waals surface area contributed by atoms with Crippen molar-refractivity contribution in [3.8, 4) is 0 Å². The molecule has 0 radical (unpaired) electrons. The van der Waals surface area contributed by atoms with E-state index in [9.17, 15) is 25.4 Å². The highest BCUT2D eigenvalue weighted by Gasteiger charge is 2.44. The molecule has 34 heavy (non-hydrogen) atoms. The number of nitro benzene ring substituents is 1. The van der Waals surface area contributed by atoms with Crippen molar-refractivity contribution in [3.63, 3.8) is 0 Å². The maximum atomic E-state index is 11.1. The minimum Gasteiger partial charge on any atom is -0.390 e. The van der Waals surface area contributed by atoms with Crippen LogP contribution < -0.4 is 5.32 Å². The van der Waals surface area contributed by atoms with Crippen LogP contribution in [0.4, 0.5) is 11.5 Å². The van der Waals surface area contributed by atoms with E-state index in [4.69, 9.17) is 0 Å². The highest BCUT2D eigenvalue weighted by molar-refractivity contribution is 7.99. The first kappa shape index (κ1) is 22.9. The summed E-state index contributed by atoms with van der Waals surface area (Å²) in [5.74, 6) is 1.42. The summed E-state index contributed by atoms with van der Waals surface area (Å²) < 4.78 is 1.45. The summed E-state index contributed by atoms with van der Waals surface area (Å²) in [6.07, 6.45) is -1.67. The van der Waals surface area contributed by atoms with Gasteiger partial charge in [0.25, 0.3) is 5.69 Å². The molecule has 1 aromatic carbocycles. The molecule has 5 rings (SSSR count). The number of fused-ring (bicyclic) bond motifs is 1. The molecule has 13 heteroatoms. The molecule has 0 saturated heterocycles. The average Bonchev–Trinajstić information content (AvgIpc) is 3.40. The molecule has 2 heterocycles. The van der Waals surface area contributed by atoms with Crippen LogP contribution in [0, 0.1) is 10.1 Å². The zero-order valence-corrected chi connectivity index (χ0v) is 19.2. The van der Waals surface area contributed by atoms with E-state index in [1.165, 1.54) is 22.5 Å². The molecule has 0 bridgehead atoms. The molecular formula is C21H25N7O5S. The van der Waals surface area contributed by atoms with E-state index in [1.807, 2.05) is 6.07 Å². The fraction of sp³-hybridized carbons (Fsp3) is 0.524. The van der Waals surface area contributed by atoms with Gasteiger partial charge in [0.2, 0.25) is 0 Å². The minimum absolute atomic E-state index is 0.0231. The summed E-state index contributed by atoms with van der Waals surface area (Å²) >= 11 is 1.49. The first-order chi connectivity index (χ1) is 16.4. The van der Waals surface area contributed by atoms with Crippen LogP contribution in [0.25, 0.3) is 11.2 Å². The first-order valence-electron chi connectivity index (χ1n) is 11.2. The Morgan fingerprint density at radius 1 is 1.24 bits per heavy atom. The quantitative estimate of drug-likeness (QED) is 0.157. The van der Waals surface area contributed by atoms with Crippen LogP contribution in [0.1, 0.15) is 43.7 Å². The van der Waals surface area contributed by atoms with Gasteiger partial charge in [0, 0.05) is 36.3 Å². The third-order valence-corrected chi connectivity index (χ3v) is 7.35. The van der Waals surface area contributed by atoms with Crippen LogP contribution >= 0.6 is 11.8 Å². The van der Waals surface area contributed by atoms with Crippen LogP contribution in [0.3, 0.4) is 0 Å². The summed E-state index contributed by atoms with van der Waals surface area (Å²) in [7, 11) is 0. The van der Waals surface area contributed by atoms with Gasteiger partial charge in [0.1, 0.15) is 12.2 Å². The van der Waals surface area contributed by atoms with Gasteiger partial charge in [-0.2, -0.15) is 0 Å². The topological polar surface area (TPSA) is 172 Å². The van der Waals surface area contributed by atoms with Gasteiger partial charge >= 0.3 is 0 Å². The number of nitrogens with zero attached hydrogens (tertiary/aromatic N) is 6. The second kappa shape index (κ2) is 9.06. The minimum atomic E-state index is -1.26. The summed E-state index contributed by atoms with van der Waals surface area (Å²) in [5.41, 5.74) is 1.79. The molecule has 0 spiro atoms. The fourth-order valence-corrected chi connectivity index (χ4v) is 5.08. The van der Waals surface area contributed by atoms with Gasteiger partial charge in [-0.25, -0.2) is 14.6 Å². The van der Waals surface area contributed by atoms with Gasteiger partial charge in [-0.05, 0) is 18.4 Å². The lowest BCUT2D eigenvalue weighted by Crippen LogP contribution is -2.31. The zero-order valence-electron chi connectivity index (χ0n) is 18.4. The molecule has 0 amide bonds. The van der Waals surface area contributed by atoms with Crippen molar-refractivity contribution in [3.05, 3.63) is 39.9 Å². The number of nitro groups is 1. The molecule has 2 fully saturated rings. The lowest BCUT2D eigenvalue weighted by molar-refractivity contribution is -0.384. The van der Waals surface area contributed by atoms with E-state index in [-0.39, 0.29) is 24.1 Å². The van der Waals surface area contributed by atoms with E-state index in [0.717, 1.165) is 24.2 Å². The van der Waals surface area contributed by atoms with Gasteiger partial charge in [-0.15, -0.1) is 5.10 Å². The molecule has 12 nitrogen and oxygen atoms in total. The standard InChI is InChI=1S/C21H25N7O5S/c1-2-6-34-21-23-19(22-13-8-12(13)10-4-3-5-11(7-10)28(32)33)16-20(24-21)27(26-25-16)14-9-15(29)18(31)17(14)30/h3-5,7,12-15,17-18,29-31H,2,6,8-9H2,1H3,(H,22,23,24)/t12?,13?,14-,15+,17+,18-/m1/s1. The lowest BCUT2D eigenvalue weighted by Gasteiger charge is -2.16. The van der Waals surface area contributed by atoms with Gasteiger partial charge in [-0.3, -0.25) is 10.1 Å². The second-order valence-electron chi connectivity index (χ2n) is 8.71. The molecule has 2 aromatic heterocycles. The smallest absolute Gasteiger partial charge is 0.269 e. The molecule has 2 aliphatic rings. The predicted octanol–water partition coefficient (Wildman–Crippen LogP) is 1.63. The lowest BCUT2D eigenvalue weighted by atomic mass is 10.1. The Kier molecular flexibility index (Phi) is 6.10. The molecule has 0 aliphatic heterocycles. The molecular weight excluding hydrogens is 462 g/mol. The van der Waals surface area contributed by atoms with Crippen LogP contribution in [0.15, 0.2) is 29.4 Å². The number of hydrogen-bond donors (Lipinski definition) is 4. The zero-order chi connectivity index (χ0) is 24.0. The van der Waals surface area contributed by atoms with Crippen molar-refractivity contribution < 1.29 is 20.2 Å². The number of aliphatic hydroxyl groups is 3. The maximum Gasteiger partial charge on any atom is 0.269 e. The predicted molar refractivity (Wildman–Crippen MR) is 124 cm³/mol. The summed E-state index contributed by atoms with van der Waals surface area (Å²) in [6, 6.07) is 6.00. The Bertz CT molecular complexity index is 1220. The highest BCUT2D eigenvalue weighted by Crippen LogP contribution is 2.44. The van der Waals surface area contributed by atoms with E-state index in [1.54, 1.807) is 12.1 Å². The molecule has 180 valence electrons. The Labute approximate surface area is 198 Å². The van der Waals surface area contributed by atoms with E-state index < -0.39 is 29.3 Å². The number of aliphatic hydroxyl groups excluding tert-OH is 3. The van der Waals surface area contributed by atoms with Crippen molar-refractivity contribution in [2.45, 2.75) is 67.7 Å². The largest absolute Gasteiger partial charge is 0.390 e. The Hall–Kier alpha value is -2.87. The molecule has 2 aliphatic carbocycles. The van der Waals surface area contributed by atoms with Crippen LogP contribution in [-0.2, 0) is 0 Å². The van der Waals surface area contributed by atoms with Gasteiger partial charge in [-0.1, -0.05) is 36.0 Å². The fourth-order valence-electron chi connectivity index (χ4n) is 4.39. The van der Waals surface area contributed by atoms with Crippen molar-refractivity contribution in [2.75, 3.05) is 11.1 Å². The number of nitrogens with one attached hydrogen (secondary N) is 1. The molecule has 4 N–H and O–H groups in total. The summed E-state index contributed by atoms with van der Waals surface area (Å²) in [5, 5.41) is 53.8. The maximum absolute atomic E-state index is 11.1. The van der Waals surface area contributed by atoms with E-state index >= 15 is 0 Å². The van der Waals surface area contributed by atoms with Crippen LogP contribution in [0.2, 0.25) is 0 Å². The monoisotopic (exact) mass is 487 g/mol. The molecule has 2 unspecified atom stereocenters. The SMILES string of the molecule is CCCSc1nc(NC2CC2c2cccc([N+](=O)[O-])c2)c2nnn([C@@H]3C[C@H](O)[C@@H](O)[C@H]3O)c2n1. The first-order valence-corrected chi connectivity index (χ1v) is 12.2. The van der Waals surface area contributed by atoms with Crippen molar-refractivity contribution in [1.29, 1.82) is 0 Å². The third-order valence-electron chi connectivity index (χ3n) is 6.30. The van der Waals surface area contributed by atoms with Crippen LogP contribution in [0.5, 0.6) is 0 Å². The highest BCUT2D eigenvalue weighted by atomic mass is 32.2. The number of non-ortho nitro benzene ring substituents is 1. The second-order valence-corrected chi connectivity index (χ2v) is 9.77. The number of aromatic nitrogens is 5. The van der Waals surface area contributed by atoms with Gasteiger partial charge in [0.15, 0.2) is 22.1 Å². The van der Waals surface area contributed by atoms with E-state index in [0.29, 0.717) is 22.1 Å². The average molecular weight is 488 g/mol. The van der Waals surface area contributed by atoms with Crippen LogP contribution in [-0.4, -0.2) is 75.3 Å². The number of thioether (sulfide) groups is 1. The number of anilines is 1. The number of benzene rings is 1. The molecule has 2 saturated carbocycles. The van der Waals surface area contributed by atoms with Crippen molar-refractivity contribution in [2.24, 2.45) is 0 Å². The van der Waals surface area contributed by atoms with E-state index in [2.05, 4.69) is 32.5 Å². The Morgan fingerprint density at radius 3 is 2.76 bits per heavy atom. The van der Waals surface area contributed by atoms with Gasteiger partial charge < -0.3 is 20.6 Å². The van der Waals surface area contributed by atoms with Crippen molar-refractivity contribution >= 4 is 34.4 Å². The third kappa shape index (κ3) is 4.19. The molecule has 6 atom stereocenters. The summed E-state index contributed by atoms with van der Waals surface area (Å²) in [4.78, 5) is 20.0. The normalized spacial score (nSPS) is 28.4. The number of rotatable bonds is 8. The van der Waals surface area contributed by atoms with Crippen molar-refractivity contribution in [1.82, 2.24) is 25.0 Å². The molecule has 3 aromatic rings. The Morgan fingerprint density at radius 2 is 2.06 bits per heavy atom. The van der Waals surface area contributed by atoms with Gasteiger partial charge in [0.05, 0.1) is 17.1 Å². The Balaban J connectivity index is 1.45. The number of hydrogen-bond acceptors (Lipinski definition) is 11.